The molecule has 0 saturated heterocycles. The van der Waals surface area contributed by atoms with E-state index in [2.05, 4.69) is 19.2 Å². The van der Waals surface area contributed by atoms with Crippen LogP contribution in [0.2, 0.25) is 0 Å². The van der Waals surface area contributed by atoms with Gasteiger partial charge in [0.25, 0.3) is 0 Å². The summed E-state index contributed by atoms with van der Waals surface area (Å²) in [4.78, 5) is 11.9. The molecule has 1 amide bonds. The van der Waals surface area contributed by atoms with Crippen LogP contribution in [0.25, 0.3) is 0 Å². The van der Waals surface area contributed by atoms with Crippen molar-refractivity contribution in [2.24, 2.45) is 11.7 Å². The van der Waals surface area contributed by atoms with Gasteiger partial charge in [-0.25, -0.2) is 0 Å². The van der Waals surface area contributed by atoms with Crippen LogP contribution in [0.3, 0.4) is 0 Å². The van der Waals surface area contributed by atoms with Gasteiger partial charge in [-0.1, -0.05) is 20.3 Å². The third-order valence-electron chi connectivity index (χ3n) is 3.91. The zero-order valence-electron chi connectivity index (χ0n) is 11.8. The number of carbonyl (C=O) groups is 1. The number of thioether (sulfide) groups is 1. The standard InChI is InChI=1S/C14H28N2OS/c1-3-9-16-14(13(15)17)8-5-6-12(14)7-11-18-10-4-2/h12,16H,3-11H2,1-2H3,(H2,15,17). The monoisotopic (exact) mass is 272 g/mol. The van der Waals surface area contributed by atoms with E-state index in [1.54, 1.807) is 0 Å². The predicted molar refractivity (Wildman–Crippen MR) is 79.8 cm³/mol. The minimum absolute atomic E-state index is 0.140. The van der Waals surface area contributed by atoms with E-state index in [1.807, 2.05) is 11.8 Å². The molecule has 1 rings (SSSR count). The van der Waals surface area contributed by atoms with Crippen LogP contribution in [0.4, 0.5) is 0 Å². The molecule has 0 spiro atoms. The van der Waals surface area contributed by atoms with Crippen molar-refractivity contribution in [3.63, 3.8) is 0 Å². The Morgan fingerprint density at radius 2 is 2.17 bits per heavy atom. The van der Waals surface area contributed by atoms with Gasteiger partial charge in [0.05, 0.1) is 0 Å². The van der Waals surface area contributed by atoms with Crippen molar-refractivity contribution >= 4 is 17.7 Å². The molecule has 1 aliphatic rings. The quantitative estimate of drug-likeness (QED) is 0.634. The van der Waals surface area contributed by atoms with Gasteiger partial charge in [-0.15, -0.1) is 0 Å². The topological polar surface area (TPSA) is 55.1 Å². The predicted octanol–water partition coefficient (Wildman–Crippen LogP) is 2.54. The van der Waals surface area contributed by atoms with Crippen molar-refractivity contribution < 1.29 is 4.79 Å². The summed E-state index contributed by atoms with van der Waals surface area (Å²) in [6, 6.07) is 0. The lowest BCUT2D eigenvalue weighted by molar-refractivity contribution is -0.126. The first kappa shape index (κ1) is 15.8. The van der Waals surface area contributed by atoms with Gasteiger partial charge in [0, 0.05) is 0 Å². The summed E-state index contributed by atoms with van der Waals surface area (Å²) in [5.74, 6) is 2.67. The van der Waals surface area contributed by atoms with Gasteiger partial charge < -0.3 is 11.1 Å². The van der Waals surface area contributed by atoms with Gasteiger partial charge in [0.1, 0.15) is 5.54 Å². The molecule has 2 atom stereocenters. The van der Waals surface area contributed by atoms with Crippen LogP contribution in [0.15, 0.2) is 0 Å². The minimum Gasteiger partial charge on any atom is -0.368 e. The zero-order valence-corrected chi connectivity index (χ0v) is 12.7. The van der Waals surface area contributed by atoms with Crippen LogP contribution in [0, 0.1) is 5.92 Å². The van der Waals surface area contributed by atoms with E-state index in [0.717, 1.165) is 44.4 Å². The van der Waals surface area contributed by atoms with Gasteiger partial charge in [0.2, 0.25) is 5.91 Å². The Balaban J connectivity index is 2.54. The number of nitrogens with one attached hydrogen (secondary N) is 1. The van der Waals surface area contributed by atoms with E-state index in [1.165, 1.54) is 12.2 Å². The van der Waals surface area contributed by atoms with Crippen LogP contribution in [0.1, 0.15) is 52.4 Å². The molecule has 0 aromatic carbocycles. The van der Waals surface area contributed by atoms with Gasteiger partial charge in [-0.05, 0) is 56.1 Å². The summed E-state index contributed by atoms with van der Waals surface area (Å²) in [5.41, 5.74) is 5.27. The second kappa shape index (κ2) is 8.05. The number of hydrogen-bond donors (Lipinski definition) is 2. The summed E-state index contributed by atoms with van der Waals surface area (Å²) < 4.78 is 0. The molecule has 1 saturated carbocycles. The first-order chi connectivity index (χ1) is 8.67. The lowest BCUT2D eigenvalue weighted by Crippen LogP contribution is -2.58. The maximum atomic E-state index is 11.9. The lowest BCUT2D eigenvalue weighted by Gasteiger charge is -2.33. The third-order valence-corrected chi connectivity index (χ3v) is 5.13. The molecule has 3 N–H and O–H groups in total. The van der Waals surface area contributed by atoms with Crippen LogP contribution in [0.5, 0.6) is 0 Å². The SMILES string of the molecule is CCCNC1(C(N)=O)CCCC1CCSCCC. The maximum absolute atomic E-state index is 11.9. The molecular weight excluding hydrogens is 244 g/mol. The number of hydrogen-bond acceptors (Lipinski definition) is 3. The highest BCUT2D eigenvalue weighted by molar-refractivity contribution is 7.99. The second-order valence-electron chi connectivity index (χ2n) is 5.25. The lowest BCUT2D eigenvalue weighted by atomic mass is 9.84. The molecule has 2 unspecified atom stereocenters. The number of primary amides is 1. The third kappa shape index (κ3) is 3.89. The fraction of sp³-hybridized carbons (Fsp3) is 0.929. The molecule has 18 heavy (non-hydrogen) atoms. The van der Waals surface area contributed by atoms with Crippen molar-refractivity contribution in [3.05, 3.63) is 0 Å². The molecule has 3 nitrogen and oxygen atoms in total. The van der Waals surface area contributed by atoms with Crippen LogP contribution < -0.4 is 11.1 Å². The maximum Gasteiger partial charge on any atom is 0.238 e. The molecule has 0 bridgehead atoms. The second-order valence-corrected chi connectivity index (χ2v) is 6.48. The Labute approximate surface area is 116 Å². The fourth-order valence-corrected chi connectivity index (χ4v) is 3.88. The Bertz CT molecular complexity index is 260. The van der Waals surface area contributed by atoms with Crippen LogP contribution >= 0.6 is 11.8 Å². The van der Waals surface area contributed by atoms with E-state index >= 15 is 0 Å². The molecule has 0 aromatic rings. The number of rotatable bonds is 9. The number of amides is 1. The van der Waals surface area contributed by atoms with Crippen molar-refractivity contribution in [1.29, 1.82) is 0 Å². The van der Waals surface area contributed by atoms with Gasteiger partial charge in [-0.3, -0.25) is 4.79 Å². The number of nitrogens with two attached hydrogens (primary N) is 1. The largest absolute Gasteiger partial charge is 0.368 e. The van der Waals surface area contributed by atoms with Crippen molar-refractivity contribution in [2.45, 2.75) is 57.9 Å². The van der Waals surface area contributed by atoms with Gasteiger partial charge >= 0.3 is 0 Å². The van der Waals surface area contributed by atoms with Crippen LogP contribution in [-0.4, -0.2) is 29.5 Å². The molecule has 0 heterocycles. The molecule has 0 aliphatic heterocycles. The van der Waals surface area contributed by atoms with E-state index in [-0.39, 0.29) is 5.91 Å². The zero-order chi connectivity index (χ0) is 13.4. The summed E-state index contributed by atoms with van der Waals surface area (Å²) in [6.07, 6.45) is 6.58. The molecular formula is C14H28N2OS. The molecule has 1 aliphatic carbocycles. The Kier molecular flexibility index (Phi) is 7.08. The van der Waals surface area contributed by atoms with E-state index in [4.69, 9.17) is 5.73 Å². The molecule has 1 fully saturated rings. The molecule has 0 radical (unpaired) electrons. The first-order valence-corrected chi connectivity index (χ1v) is 8.45. The van der Waals surface area contributed by atoms with Crippen molar-refractivity contribution in [1.82, 2.24) is 5.32 Å². The van der Waals surface area contributed by atoms with Gasteiger partial charge in [-0.2, -0.15) is 11.8 Å². The highest BCUT2D eigenvalue weighted by Crippen LogP contribution is 2.38. The Morgan fingerprint density at radius 1 is 1.39 bits per heavy atom. The summed E-state index contributed by atoms with van der Waals surface area (Å²) in [5, 5.41) is 3.45. The Hall–Kier alpha value is -0.220. The van der Waals surface area contributed by atoms with Gasteiger partial charge in [0.15, 0.2) is 0 Å². The average Bonchev–Trinajstić information content (AvgIpc) is 2.76. The summed E-state index contributed by atoms with van der Waals surface area (Å²) in [7, 11) is 0. The van der Waals surface area contributed by atoms with E-state index in [0.29, 0.717) is 5.92 Å². The minimum atomic E-state index is -0.414. The summed E-state index contributed by atoms with van der Waals surface area (Å²) >= 11 is 2.00. The highest BCUT2D eigenvalue weighted by Gasteiger charge is 2.46. The fourth-order valence-electron chi connectivity index (χ4n) is 2.93. The van der Waals surface area contributed by atoms with Crippen LogP contribution in [-0.2, 0) is 4.79 Å². The van der Waals surface area contributed by atoms with E-state index < -0.39 is 5.54 Å². The Morgan fingerprint density at radius 3 is 2.78 bits per heavy atom. The summed E-state index contributed by atoms with van der Waals surface area (Å²) in [6.45, 7) is 5.23. The smallest absolute Gasteiger partial charge is 0.238 e. The average molecular weight is 272 g/mol. The molecule has 106 valence electrons. The highest BCUT2D eigenvalue weighted by atomic mass is 32.2. The van der Waals surface area contributed by atoms with E-state index in [9.17, 15) is 4.79 Å². The molecule has 0 aromatic heterocycles. The normalized spacial score (nSPS) is 27.6. The van der Waals surface area contributed by atoms with Crippen molar-refractivity contribution in [3.8, 4) is 0 Å². The number of carbonyl (C=O) groups excluding carboxylic acids is 1. The van der Waals surface area contributed by atoms with Crippen molar-refractivity contribution in [2.75, 3.05) is 18.1 Å². The molecule has 4 heteroatoms. The first-order valence-electron chi connectivity index (χ1n) is 7.30.